The second-order valence-electron chi connectivity index (χ2n) is 8.15. The van der Waals surface area contributed by atoms with Crippen LogP contribution in [0.4, 0.5) is 4.39 Å². The van der Waals surface area contributed by atoms with Crippen LogP contribution in [0.25, 0.3) is 16.7 Å². The van der Waals surface area contributed by atoms with Crippen molar-refractivity contribution < 1.29 is 19.0 Å². The van der Waals surface area contributed by atoms with Crippen molar-refractivity contribution in [3.8, 4) is 11.1 Å². The molecule has 2 aromatic carbocycles. The summed E-state index contributed by atoms with van der Waals surface area (Å²) in [4.78, 5) is 13.0. The van der Waals surface area contributed by atoms with Gasteiger partial charge < -0.3 is 15.2 Å². The van der Waals surface area contributed by atoms with E-state index >= 15 is 0 Å². The van der Waals surface area contributed by atoms with Crippen LogP contribution in [-0.2, 0) is 9.53 Å². The number of amides is 1. The van der Waals surface area contributed by atoms with Crippen molar-refractivity contribution in [1.82, 2.24) is 5.32 Å². The maximum Gasteiger partial charge on any atom is 0.256 e. The van der Waals surface area contributed by atoms with Crippen LogP contribution in [0.15, 0.2) is 42.2 Å². The second-order valence-corrected chi connectivity index (χ2v) is 8.15. The molecule has 4 nitrogen and oxygen atoms in total. The second kappa shape index (κ2) is 7.30. The third-order valence-electron chi connectivity index (χ3n) is 6.39. The van der Waals surface area contributed by atoms with Gasteiger partial charge in [0.2, 0.25) is 0 Å². The van der Waals surface area contributed by atoms with E-state index in [0.717, 1.165) is 40.7 Å². The molecule has 1 amide bonds. The van der Waals surface area contributed by atoms with Gasteiger partial charge in [0.15, 0.2) is 0 Å². The molecule has 0 unspecified atom stereocenters. The molecule has 0 bridgehead atoms. The van der Waals surface area contributed by atoms with Gasteiger partial charge in [0, 0.05) is 13.5 Å². The third kappa shape index (κ3) is 3.23. The fraction of sp³-hybridized carbons (Fsp3) is 0.375. The van der Waals surface area contributed by atoms with Crippen LogP contribution in [0, 0.1) is 19.7 Å². The summed E-state index contributed by atoms with van der Waals surface area (Å²) < 4.78 is 18.9. The molecule has 1 fully saturated rings. The Hall–Kier alpha value is -2.66. The van der Waals surface area contributed by atoms with Gasteiger partial charge in [-0.3, -0.25) is 4.79 Å². The molecular weight excluding hydrogens is 369 g/mol. The first kappa shape index (κ1) is 19.6. The van der Waals surface area contributed by atoms with Gasteiger partial charge in [-0.1, -0.05) is 24.3 Å². The Bertz CT molecular complexity index is 996. The number of ether oxygens (including phenoxy) is 1. The summed E-state index contributed by atoms with van der Waals surface area (Å²) in [6, 6.07) is 10.2. The van der Waals surface area contributed by atoms with E-state index in [2.05, 4.69) is 5.32 Å². The highest BCUT2D eigenvalue weighted by Gasteiger charge is 2.49. The van der Waals surface area contributed by atoms with Crippen LogP contribution in [0.3, 0.4) is 0 Å². The fourth-order valence-electron chi connectivity index (χ4n) is 4.85. The van der Waals surface area contributed by atoms with E-state index in [4.69, 9.17) is 4.74 Å². The number of aryl methyl sites for hydroxylation is 1. The molecule has 0 saturated heterocycles. The Morgan fingerprint density at radius 2 is 1.90 bits per heavy atom. The van der Waals surface area contributed by atoms with Crippen molar-refractivity contribution in [3.63, 3.8) is 0 Å². The number of carbonyl (C=O) groups is 1. The van der Waals surface area contributed by atoms with Gasteiger partial charge in [-0.15, -0.1) is 0 Å². The summed E-state index contributed by atoms with van der Waals surface area (Å²) in [6.45, 7) is 3.88. The van der Waals surface area contributed by atoms with E-state index in [1.807, 2.05) is 26.0 Å². The minimum Gasteiger partial charge on any atom is -0.509 e. The predicted octanol–water partition coefficient (Wildman–Crippen LogP) is 4.84. The molecule has 0 radical (unpaired) electrons. The number of benzene rings is 2. The molecule has 29 heavy (non-hydrogen) atoms. The van der Waals surface area contributed by atoms with Gasteiger partial charge in [-0.2, -0.15) is 0 Å². The molecule has 0 aromatic heterocycles. The van der Waals surface area contributed by atoms with Gasteiger partial charge >= 0.3 is 0 Å². The Morgan fingerprint density at radius 3 is 2.59 bits per heavy atom. The SMILES string of the molecule is CO[C@@H]1CCC[C@@]2(C1)NC(=O)C(c1c(C)ccc(-c3ccc(F)cc3)c1C)=C2O. The summed E-state index contributed by atoms with van der Waals surface area (Å²) in [5.74, 6) is -0.422. The quantitative estimate of drug-likeness (QED) is 0.782. The Morgan fingerprint density at radius 1 is 1.17 bits per heavy atom. The largest absolute Gasteiger partial charge is 0.509 e. The molecule has 4 rings (SSSR count). The zero-order valence-corrected chi connectivity index (χ0v) is 17.0. The summed E-state index contributed by atoms with van der Waals surface area (Å²) >= 11 is 0. The molecule has 1 aliphatic heterocycles. The average Bonchev–Trinajstić information content (AvgIpc) is 2.93. The fourth-order valence-corrected chi connectivity index (χ4v) is 4.85. The average molecular weight is 395 g/mol. The predicted molar refractivity (Wildman–Crippen MR) is 111 cm³/mol. The molecular formula is C24H26FNO3. The number of nitrogens with one attached hydrogen (secondary N) is 1. The van der Waals surface area contributed by atoms with Crippen molar-refractivity contribution in [2.45, 2.75) is 51.2 Å². The molecule has 5 heteroatoms. The number of hydrogen-bond donors (Lipinski definition) is 2. The van der Waals surface area contributed by atoms with Crippen molar-refractivity contribution in [2.75, 3.05) is 7.11 Å². The van der Waals surface area contributed by atoms with Crippen LogP contribution >= 0.6 is 0 Å². The highest BCUT2D eigenvalue weighted by atomic mass is 19.1. The summed E-state index contributed by atoms with van der Waals surface area (Å²) in [5, 5.41) is 14.3. The van der Waals surface area contributed by atoms with Crippen LogP contribution in [0.1, 0.15) is 42.4 Å². The van der Waals surface area contributed by atoms with Crippen molar-refractivity contribution >= 4 is 11.5 Å². The first-order valence-corrected chi connectivity index (χ1v) is 10.0. The lowest BCUT2D eigenvalue weighted by atomic mass is 9.78. The molecule has 1 aliphatic carbocycles. The highest BCUT2D eigenvalue weighted by Crippen LogP contribution is 2.44. The van der Waals surface area contributed by atoms with Gasteiger partial charge in [0.1, 0.15) is 17.1 Å². The van der Waals surface area contributed by atoms with Crippen LogP contribution in [0.2, 0.25) is 0 Å². The lowest BCUT2D eigenvalue weighted by Gasteiger charge is -2.37. The number of halogens is 1. The van der Waals surface area contributed by atoms with Crippen LogP contribution < -0.4 is 5.32 Å². The Labute approximate surface area is 170 Å². The molecule has 2 aromatic rings. The minimum absolute atomic E-state index is 0.0123. The Kier molecular flexibility index (Phi) is 4.95. The zero-order chi connectivity index (χ0) is 20.8. The number of aliphatic hydroxyl groups excluding tert-OH is 1. The van der Waals surface area contributed by atoms with Crippen molar-refractivity contribution in [3.05, 3.63) is 64.7 Å². The van der Waals surface area contributed by atoms with E-state index in [9.17, 15) is 14.3 Å². The Balaban J connectivity index is 1.84. The molecule has 2 N–H and O–H groups in total. The zero-order valence-electron chi connectivity index (χ0n) is 17.0. The first-order chi connectivity index (χ1) is 13.9. The van der Waals surface area contributed by atoms with Crippen LogP contribution in [-0.4, -0.2) is 29.8 Å². The summed E-state index contributed by atoms with van der Waals surface area (Å²) in [7, 11) is 1.67. The maximum absolute atomic E-state index is 13.4. The van der Waals surface area contributed by atoms with E-state index in [0.29, 0.717) is 18.4 Å². The van der Waals surface area contributed by atoms with Crippen LogP contribution in [0.5, 0.6) is 0 Å². The molecule has 1 saturated carbocycles. The summed E-state index contributed by atoms with van der Waals surface area (Å²) in [5.41, 5.74) is 3.94. The van der Waals surface area contributed by atoms with Gasteiger partial charge in [0.05, 0.1) is 11.7 Å². The molecule has 1 heterocycles. The molecule has 2 aliphatic rings. The minimum atomic E-state index is -0.754. The van der Waals surface area contributed by atoms with E-state index in [-0.39, 0.29) is 23.6 Å². The topological polar surface area (TPSA) is 58.6 Å². The number of methoxy groups -OCH3 is 1. The number of hydrogen-bond acceptors (Lipinski definition) is 3. The van der Waals surface area contributed by atoms with Gasteiger partial charge in [-0.05, 0) is 73.1 Å². The monoisotopic (exact) mass is 395 g/mol. The number of carbonyl (C=O) groups excluding carboxylic acids is 1. The standard InChI is InChI=1S/C24H26FNO3/c1-14-6-11-19(16-7-9-17(25)10-8-16)15(2)20(14)21-22(27)24(26-23(21)28)12-4-5-18(13-24)29-3/h6-11,18,27H,4-5,12-13H2,1-3H3,(H,26,28)/t18-,24+/m1/s1. The summed E-state index contributed by atoms with van der Waals surface area (Å²) in [6.07, 6.45) is 3.08. The first-order valence-electron chi connectivity index (χ1n) is 10.0. The lowest BCUT2D eigenvalue weighted by Crippen LogP contribution is -2.49. The highest BCUT2D eigenvalue weighted by molar-refractivity contribution is 6.24. The third-order valence-corrected chi connectivity index (χ3v) is 6.39. The van der Waals surface area contributed by atoms with Gasteiger partial charge in [-0.25, -0.2) is 4.39 Å². The van der Waals surface area contributed by atoms with Crippen molar-refractivity contribution in [2.24, 2.45) is 0 Å². The van der Waals surface area contributed by atoms with Crippen molar-refractivity contribution in [1.29, 1.82) is 0 Å². The lowest BCUT2D eigenvalue weighted by molar-refractivity contribution is -0.116. The molecule has 152 valence electrons. The van der Waals surface area contributed by atoms with E-state index < -0.39 is 5.54 Å². The maximum atomic E-state index is 13.4. The smallest absolute Gasteiger partial charge is 0.256 e. The van der Waals surface area contributed by atoms with E-state index in [1.54, 1.807) is 19.2 Å². The molecule has 2 atom stereocenters. The normalized spacial score (nSPS) is 24.3. The van der Waals surface area contributed by atoms with Gasteiger partial charge in [0.25, 0.3) is 5.91 Å². The number of rotatable bonds is 3. The molecule has 1 spiro atoms. The number of aliphatic hydroxyl groups is 1. The van der Waals surface area contributed by atoms with E-state index in [1.165, 1.54) is 12.1 Å².